The Hall–Kier alpha value is -2.53. The van der Waals surface area contributed by atoms with Gasteiger partial charge < -0.3 is 18.9 Å². The number of fused-ring (bicyclic) bond motifs is 1. The van der Waals surface area contributed by atoms with Gasteiger partial charge in [-0.25, -0.2) is 4.79 Å². The topological polar surface area (TPSA) is 54.0 Å². The average molecular weight is 314 g/mol. The molecule has 1 heterocycles. The van der Waals surface area contributed by atoms with Gasteiger partial charge in [-0.3, -0.25) is 0 Å². The highest BCUT2D eigenvalue weighted by atomic mass is 16.6. The van der Waals surface area contributed by atoms with Crippen molar-refractivity contribution in [2.75, 3.05) is 21.3 Å². The minimum absolute atomic E-state index is 0.381. The molecule has 0 radical (unpaired) electrons. The quantitative estimate of drug-likeness (QED) is 0.811. The second kappa shape index (κ2) is 6.30. The maximum Gasteiger partial charge on any atom is 0.339 e. The zero-order valence-corrected chi connectivity index (χ0v) is 13.2. The second-order valence-corrected chi connectivity index (χ2v) is 5.18. The third kappa shape index (κ3) is 2.64. The van der Waals surface area contributed by atoms with Crippen LogP contribution in [0.5, 0.6) is 11.5 Å². The highest BCUT2D eigenvalue weighted by molar-refractivity contribution is 5.93. The van der Waals surface area contributed by atoms with Gasteiger partial charge in [-0.15, -0.1) is 0 Å². The molecule has 23 heavy (non-hydrogen) atoms. The Bertz CT molecular complexity index is 708. The van der Waals surface area contributed by atoms with Crippen LogP contribution in [-0.4, -0.2) is 27.3 Å². The normalized spacial score (nSPS) is 19.7. The first kappa shape index (κ1) is 15.4. The predicted molar refractivity (Wildman–Crippen MR) is 83.9 cm³/mol. The van der Waals surface area contributed by atoms with Crippen LogP contribution in [0.15, 0.2) is 42.5 Å². The van der Waals surface area contributed by atoms with E-state index in [0.717, 1.165) is 16.9 Å². The first-order valence-corrected chi connectivity index (χ1v) is 7.24. The zero-order chi connectivity index (χ0) is 16.4. The molecular weight excluding hydrogens is 296 g/mol. The summed E-state index contributed by atoms with van der Waals surface area (Å²) in [5.41, 5.74) is 2.03. The van der Waals surface area contributed by atoms with Crippen LogP contribution in [0.4, 0.5) is 0 Å². The molecular formula is C18H18O5. The van der Waals surface area contributed by atoms with Gasteiger partial charge >= 0.3 is 5.97 Å². The zero-order valence-electron chi connectivity index (χ0n) is 13.2. The maximum absolute atomic E-state index is 12.4. The van der Waals surface area contributed by atoms with E-state index in [1.54, 1.807) is 33.5 Å². The molecule has 2 aromatic carbocycles. The van der Waals surface area contributed by atoms with E-state index >= 15 is 0 Å². The Morgan fingerprint density at radius 3 is 2.30 bits per heavy atom. The van der Waals surface area contributed by atoms with Crippen LogP contribution in [-0.2, 0) is 9.47 Å². The smallest absolute Gasteiger partial charge is 0.339 e. The Morgan fingerprint density at radius 1 is 0.957 bits per heavy atom. The monoisotopic (exact) mass is 314 g/mol. The lowest BCUT2D eigenvalue weighted by Gasteiger charge is -2.33. The molecule has 0 aliphatic carbocycles. The Morgan fingerprint density at radius 2 is 1.70 bits per heavy atom. The van der Waals surface area contributed by atoms with Gasteiger partial charge in [0.05, 0.1) is 19.8 Å². The summed E-state index contributed by atoms with van der Waals surface area (Å²) in [7, 11) is 4.77. The lowest BCUT2D eigenvalue weighted by molar-refractivity contribution is -0.0492. The van der Waals surface area contributed by atoms with E-state index in [1.807, 2.05) is 30.3 Å². The predicted octanol–water partition coefficient (Wildman–Crippen LogP) is 3.30. The molecule has 3 rings (SSSR count). The van der Waals surface area contributed by atoms with E-state index < -0.39 is 12.2 Å². The van der Waals surface area contributed by atoms with Gasteiger partial charge in [0.15, 0.2) is 6.10 Å². The van der Waals surface area contributed by atoms with Gasteiger partial charge in [0, 0.05) is 12.7 Å². The van der Waals surface area contributed by atoms with Crippen LogP contribution in [0.25, 0.3) is 0 Å². The van der Waals surface area contributed by atoms with Crippen molar-refractivity contribution in [3.05, 3.63) is 59.2 Å². The van der Waals surface area contributed by atoms with E-state index in [4.69, 9.17) is 18.9 Å². The summed E-state index contributed by atoms with van der Waals surface area (Å²) in [6.45, 7) is 0. The third-order valence-electron chi connectivity index (χ3n) is 4.00. The van der Waals surface area contributed by atoms with Gasteiger partial charge in [-0.05, 0) is 29.8 Å². The average Bonchev–Trinajstić information content (AvgIpc) is 2.61. The molecule has 1 aliphatic heterocycles. The number of benzene rings is 2. The summed E-state index contributed by atoms with van der Waals surface area (Å²) in [5, 5.41) is 0. The number of ether oxygens (including phenoxy) is 4. The summed E-state index contributed by atoms with van der Waals surface area (Å²) >= 11 is 0. The van der Waals surface area contributed by atoms with E-state index in [9.17, 15) is 4.79 Å². The number of rotatable bonds is 4. The van der Waals surface area contributed by atoms with Crippen molar-refractivity contribution in [3.63, 3.8) is 0 Å². The van der Waals surface area contributed by atoms with Crippen molar-refractivity contribution in [2.45, 2.75) is 12.2 Å². The first-order chi connectivity index (χ1) is 11.2. The lowest BCUT2D eigenvalue weighted by Crippen LogP contribution is -2.28. The van der Waals surface area contributed by atoms with Crippen molar-refractivity contribution in [1.29, 1.82) is 0 Å². The molecule has 5 nitrogen and oxygen atoms in total. The molecule has 0 fully saturated rings. The summed E-state index contributed by atoms with van der Waals surface area (Å²) in [4.78, 5) is 12.4. The van der Waals surface area contributed by atoms with E-state index in [-0.39, 0.29) is 5.97 Å². The van der Waals surface area contributed by atoms with Crippen LogP contribution >= 0.6 is 0 Å². The van der Waals surface area contributed by atoms with Crippen molar-refractivity contribution in [2.24, 2.45) is 0 Å². The van der Waals surface area contributed by atoms with Gasteiger partial charge in [0.25, 0.3) is 0 Å². The molecule has 1 aliphatic rings. The SMILES string of the molecule is COc1ccc(C2OC(=O)c3cccc(OC)c3C2OC)cc1. The number of carbonyl (C=O) groups is 1. The summed E-state index contributed by atoms with van der Waals surface area (Å²) < 4.78 is 21.8. The Labute approximate surface area is 134 Å². The summed E-state index contributed by atoms with van der Waals surface area (Å²) in [6, 6.07) is 12.7. The standard InChI is InChI=1S/C18H18O5/c1-20-12-9-7-11(8-10-12)16-17(22-3)15-13(18(19)23-16)5-4-6-14(15)21-2/h4-10,16-17H,1-3H3. The van der Waals surface area contributed by atoms with E-state index in [2.05, 4.69) is 0 Å². The Kier molecular flexibility index (Phi) is 4.21. The number of hydrogen-bond donors (Lipinski definition) is 0. The molecule has 0 N–H and O–H groups in total. The first-order valence-electron chi connectivity index (χ1n) is 7.24. The van der Waals surface area contributed by atoms with Crippen molar-refractivity contribution >= 4 is 5.97 Å². The minimum atomic E-state index is -0.540. The summed E-state index contributed by atoms with van der Waals surface area (Å²) in [6.07, 6.45) is -0.977. The fourth-order valence-corrected chi connectivity index (χ4v) is 2.86. The molecule has 2 atom stereocenters. The molecule has 0 saturated carbocycles. The van der Waals surface area contributed by atoms with Gasteiger partial charge in [0.1, 0.15) is 17.6 Å². The van der Waals surface area contributed by atoms with Gasteiger partial charge in [0.2, 0.25) is 0 Å². The third-order valence-corrected chi connectivity index (χ3v) is 4.00. The van der Waals surface area contributed by atoms with Gasteiger partial charge in [-0.1, -0.05) is 18.2 Å². The molecule has 0 saturated heterocycles. The van der Waals surface area contributed by atoms with Crippen molar-refractivity contribution in [1.82, 2.24) is 0 Å². The Balaban J connectivity index is 2.07. The fourth-order valence-electron chi connectivity index (χ4n) is 2.86. The van der Waals surface area contributed by atoms with Crippen LogP contribution in [0.3, 0.4) is 0 Å². The fraction of sp³-hybridized carbons (Fsp3) is 0.278. The molecule has 5 heteroatoms. The number of cyclic esters (lactones) is 1. The highest BCUT2D eigenvalue weighted by Crippen LogP contribution is 2.45. The number of esters is 1. The van der Waals surface area contributed by atoms with Gasteiger partial charge in [-0.2, -0.15) is 0 Å². The molecule has 0 bridgehead atoms. The van der Waals surface area contributed by atoms with Crippen LogP contribution < -0.4 is 9.47 Å². The number of carbonyl (C=O) groups excluding carboxylic acids is 1. The van der Waals surface area contributed by atoms with Crippen molar-refractivity contribution < 1.29 is 23.7 Å². The minimum Gasteiger partial charge on any atom is -0.497 e. The molecule has 0 spiro atoms. The maximum atomic E-state index is 12.4. The van der Waals surface area contributed by atoms with Crippen LogP contribution in [0, 0.1) is 0 Å². The second-order valence-electron chi connectivity index (χ2n) is 5.18. The largest absolute Gasteiger partial charge is 0.497 e. The van der Waals surface area contributed by atoms with E-state index in [0.29, 0.717) is 11.3 Å². The highest BCUT2D eigenvalue weighted by Gasteiger charge is 2.39. The number of hydrogen-bond acceptors (Lipinski definition) is 5. The summed E-state index contributed by atoms with van der Waals surface area (Å²) in [5.74, 6) is 0.973. The number of methoxy groups -OCH3 is 3. The van der Waals surface area contributed by atoms with Crippen LogP contribution in [0.2, 0.25) is 0 Å². The molecule has 0 aromatic heterocycles. The molecule has 120 valence electrons. The molecule has 2 aromatic rings. The molecule has 0 amide bonds. The lowest BCUT2D eigenvalue weighted by atomic mass is 9.91. The van der Waals surface area contributed by atoms with E-state index in [1.165, 1.54) is 0 Å². The van der Waals surface area contributed by atoms with Crippen LogP contribution in [0.1, 0.15) is 33.7 Å². The van der Waals surface area contributed by atoms with Crippen molar-refractivity contribution in [3.8, 4) is 11.5 Å². The molecule has 2 unspecified atom stereocenters.